The Morgan fingerprint density at radius 3 is 2.83 bits per heavy atom. The topological polar surface area (TPSA) is 56.2 Å². The third-order valence-corrected chi connectivity index (χ3v) is 2.05. The highest BCUT2D eigenvalue weighted by atomic mass is 16.3. The van der Waals surface area contributed by atoms with E-state index in [-0.39, 0.29) is 11.7 Å². The Labute approximate surface area is 70.5 Å². The van der Waals surface area contributed by atoms with Crippen LogP contribution in [0.4, 0.5) is 0 Å². The van der Waals surface area contributed by atoms with Crippen LogP contribution < -0.4 is 5.73 Å². The van der Waals surface area contributed by atoms with Gasteiger partial charge in [-0.3, -0.25) is 4.79 Å². The summed E-state index contributed by atoms with van der Waals surface area (Å²) >= 11 is 0. The maximum Gasteiger partial charge on any atom is 0.201 e. The lowest BCUT2D eigenvalue weighted by Crippen LogP contribution is -1.99. The van der Waals surface area contributed by atoms with Crippen LogP contribution in [0.25, 0.3) is 0 Å². The van der Waals surface area contributed by atoms with Gasteiger partial charge < -0.3 is 10.2 Å². The molecule has 0 amide bonds. The van der Waals surface area contributed by atoms with Gasteiger partial charge in [-0.05, 0) is 25.0 Å². The highest BCUT2D eigenvalue weighted by Gasteiger charge is 2.32. The fourth-order valence-electron chi connectivity index (χ4n) is 1.17. The van der Waals surface area contributed by atoms with E-state index in [1.54, 1.807) is 12.1 Å². The van der Waals surface area contributed by atoms with Crippen LogP contribution in [0.1, 0.15) is 29.2 Å². The maximum absolute atomic E-state index is 11.4. The lowest BCUT2D eigenvalue weighted by Gasteiger charge is -1.91. The highest BCUT2D eigenvalue weighted by Crippen LogP contribution is 2.32. The fourth-order valence-corrected chi connectivity index (χ4v) is 1.17. The van der Waals surface area contributed by atoms with Crippen LogP contribution >= 0.6 is 0 Å². The summed E-state index contributed by atoms with van der Waals surface area (Å²) in [5.74, 6) is 1.51. The standard InChI is InChI=1S/C9H11NO2/c10-5-7-3-4-8(12-7)9(11)6-1-2-6/h3-4,6H,1-2,5,10H2. The molecule has 3 heteroatoms. The molecule has 0 radical (unpaired) electrons. The molecule has 0 unspecified atom stereocenters. The minimum Gasteiger partial charge on any atom is -0.457 e. The van der Waals surface area contributed by atoms with Crippen molar-refractivity contribution in [3.05, 3.63) is 23.7 Å². The normalized spacial score (nSPS) is 16.4. The van der Waals surface area contributed by atoms with E-state index >= 15 is 0 Å². The summed E-state index contributed by atoms with van der Waals surface area (Å²) < 4.78 is 5.22. The van der Waals surface area contributed by atoms with Crippen LogP contribution in [-0.2, 0) is 6.54 Å². The van der Waals surface area contributed by atoms with Crippen LogP contribution in [-0.4, -0.2) is 5.78 Å². The highest BCUT2D eigenvalue weighted by molar-refractivity contribution is 5.96. The van der Waals surface area contributed by atoms with E-state index in [9.17, 15) is 4.79 Å². The largest absolute Gasteiger partial charge is 0.457 e. The molecule has 0 aliphatic heterocycles. The molecule has 1 aliphatic carbocycles. The van der Waals surface area contributed by atoms with E-state index in [4.69, 9.17) is 10.2 Å². The van der Waals surface area contributed by atoms with Gasteiger partial charge >= 0.3 is 0 Å². The first-order chi connectivity index (χ1) is 5.81. The Bertz CT molecular complexity index is 299. The van der Waals surface area contributed by atoms with Gasteiger partial charge in [-0.25, -0.2) is 0 Å². The Morgan fingerprint density at radius 1 is 1.58 bits per heavy atom. The van der Waals surface area contributed by atoms with Gasteiger partial charge in [0.15, 0.2) is 5.76 Å². The molecule has 0 saturated heterocycles. The van der Waals surface area contributed by atoms with Crippen molar-refractivity contribution in [2.45, 2.75) is 19.4 Å². The van der Waals surface area contributed by atoms with Crippen molar-refractivity contribution in [1.82, 2.24) is 0 Å². The van der Waals surface area contributed by atoms with Crippen LogP contribution in [0.15, 0.2) is 16.5 Å². The molecular weight excluding hydrogens is 154 g/mol. The number of Topliss-reactive ketones (excluding diaryl/α,β-unsaturated/α-hetero) is 1. The van der Waals surface area contributed by atoms with Gasteiger partial charge in [0, 0.05) is 5.92 Å². The number of carbonyl (C=O) groups is 1. The molecule has 0 bridgehead atoms. The van der Waals surface area contributed by atoms with Gasteiger partial charge in [0.2, 0.25) is 5.78 Å². The summed E-state index contributed by atoms with van der Waals surface area (Å²) in [6.07, 6.45) is 2.02. The van der Waals surface area contributed by atoms with Crippen molar-refractivity contribution in [3.8, 4) is 0 Å². The second kappa shape index (κ2) is 2.75. The van der Waals surface area contributed by atoms with Crippen LogP contribution in [0.2, 0.25) is 0 Å². The summed E-state index contributed by atoms with van der Waals surface area (Å²) in [7, 11) is 0. The molecule has 1 aromatic rings. The zero-order chi connectivity index (χ0) is 8.55. The van der Waals surface area contributed by atoms with E-state index in [0.29, 0.717) is 18.1 Å². The predicted molar refractivity (Wildman–Crippen MR) is 43.7 cm³/mol. The molecular formula is C9H11NO2. The molecule has 3 nitrogen and oxygen atoms in total. The molecule has 0 atom stereocenters. The van der Waals surface area contributed by atoms with Crippen molar-refractivity contribution >= 4 is 5.78 Å². The maximum atomic E-state index is 11.4. The van der Waals surface area contributed by atoms with Crippen LogP contribution in [0, 0.1) is 5.92 Å². The van der Waals surface area contributed by atoms with Crippen molar-refractivity contribution in [2.24, 2.45) is 11.7 Å². The first-order valence-corrected chi connectivity index (χ1v) is 4.14. The second-order valence-electron chi connectivity index (χ2n) is 3.11. The zero-order valence-electron chi connectivity index (χ0n) is 6.75. The average Bonchev–Trinajstić information content (AvgIpc) is 2.82. The number of hydrogen-bond acceptors (Lipinski definition) is 3. The van der Waals surface area contributed by atoms with E-state index in [2.05, 4.69) is 0 Å². The van der Waals surface area contributed by atoms with Crippen molar-refractivity contribution in [2.75, 3.05) is 0 Å². The fraction of sp³-hybridized carbons (Fsp3) is 0.444. The van der Waals surface area contributed by atoms with E-state index < -0.39 is 0 Å². The van der Waals surface area contributed by atoms with Crippen LogP contribution in [0.5, 0.6) is 0 Å². The summed E-state index contributed by atoms with van der Waals surface area (Å²) in [5.41, 5.74) is 5.35. The SMILES string of the molecule is NCc1ccc(C(=O)C2CC2)o1. The molecule has 2 N–H and O–H groups in total. The smallest absolute Gasteiger partial charge is 0.201 e. The Morgan fingerprint density at radius 2 is 2.33 bits per heavy atom. The Balaban J connectivity index is 2.16. The number of nitrogens with two attached hydrogens (primary N) is 1. The van der Waals surface area contributed by atoms with Crippen molar-refractivity contribution in [1.29, 1.82) is 0 Å². The monoisotopic (exact) mass is 165 g/mol. The third kappa shape index (κ3) is 1.28. The van der Waals surface area contributed by atoms with Gasteiger partial charge in [-0.15, -0.1) is 0 Å². The number of hydrogen-bond donors (Lipinski definition) is 1. The van der Waals surface area contributed by atoms with Gasteiger partial charge in [0.05, 0.1) is 6.54 Å². The predicted octanol–water partition coefficient (Wildman–Crippen LogP) is 1.33. The van der Waals surface area contributed by atoms with E-state index in [0.717, 1.165) is 12.8 Å². The molecule has 1 saturated carbocycles. The first-order valence-electron chi connectivity index (χ1n) is 4.14. The second-order valence-corrected chi connectivity index (χ2v) is 3.11. The quantitative estimate of drug-likeness (QED) is 0.687. The van der Waals surface area contributed by atoms with Crippen LogP contribution in [0.3, 0.4) is 0 Å². The van der Waals surface area contributed by atoms with Gasteiger partial charge in [-0.2, -0.15) is 0 Å². The lowest BCUT2D eigenvalue weighted by atomic mass is 10.2. The first kappa shape index (κ1) is 7.55. The number of ketones is 1. The molecule has 1 aromatic heterocycles. The summed E-state index contributed by atoms with van der Waals surface area (Å²) in [6.45, 7) is 0.359. The zero-order valence-corrected chi connectivity index (χ0v) is 6.75. The van der Waals surface area contributed by atoms with Crippen molar-refractivity contribution < 1.29 is 9.21 Å². The Hall–Kier alpha value is -1.09. The third-order valence-electron chi connectivity index (χ3n) is 2.05. The average molecular weight is 165 g/mol. The summed E-state index contributed by atoms with van der Waals surface area (Å²) in [4.78, 5) is 11.4. The molecule has 1 aliphatic rings. The molecule has 0 aromatic carbocycles. The summed E-state index contributed by atoms with van der Waals surface area (Å²) in [5, 5.41) is 0. The molecule has 2 rings (SSSR count). The van der Waals surface area contributed by atoms with Gasteiger partial charge in [0.25, 0.3) is 0 Å². The number of carbonyl (C=O) groups excluding carboxylic acids is 1. The van der Waals surface area contributed by atoms with E-state index in [1.807, 2.05) is 0 Å². The minimum atomic E-state index is 0.134. The van der Waals surface area contributed by atoms with Gasteiger partial charge in [0.1, 0.15) is 5.76 Å². The van der Waals surface area contributed by atoms with Gasteiger partial charge in [-0.1, -0.05) is 0 Å². The van der Waals surface area contributed by atoms with E-state index in [1.165, 1.54) is 0 Å². The Kier molecular flexibility index (Phi) is 1.73. The minimum absolute atomic E-state index is 0.134. The van der Waals surface area contributed by atoms with Crippen molar-refractivity contribution in [3.63, 3.8) is 0 Å². The molecule has 12 heavy (non-hydrogen) atoms. The molecule has 64 valence electrons. The molecule has 0 spiro atoms. The molecule has 1 fully saturated rings. The molecule has 1 heterocycles. The number of rotatable bonds is 3. The number of furan rings is 1. The summed E-state index contributed by atoms with van der Waals surface area (Å²) in [6, 6.07) is 3.47. The lowest BCUT2D eigenvalue weighted by molar-refractivity contribution is 0.0938.